The van der Waals surface area contributed by atoms with Gasteiger partial charge in [-0.1, -0.05) is 0 Å². The van der Waals surface area contributed by atoms with Crippen molar-refractivity contribution in [1.82, 2.24) is 0 Å². The van der Waals surface area contributed by atoms with Gasteiger partial charge in [0.15, 0.2) is 0 Å². The zero-order valence-corrected chi connectivity index (χ0v) is 10.9. The molecule has 0 spiro atoms. The molecular formula is C5H13Cl2MgOSi. The molecule has 0 aliphatic rings. The number of rotatable bonds is 2. The van der Waals surface area contributed by atoms with Crippen molar-refractivity contribution in [3.05, 3.63) is 0 Å². The van der Waals surface area contributed by atoms with Crippen molar-refractivity contribution in [1.29, 1.82) is 0 Å². The normalized spacial score (nSPS) is 7.80. The van der Waals surface area contributed by atoms with Crippen molar-refractivity contribution in [3.63, 3.8) is 0 Å². The largest absolute Gasteiger partial charge is 2.00 e. The van der Waals surface area contributed by atoms with Crippen molar-refractivity contribution in [2.45, 2.75) is 33.0 Å². The molecule has 0 aromatic carbocycles. The van der Waals surface area contributed by atoms with Crippen LogP contribution in [0, 0.1) is 0 Å². The molecule has 0 unspecified atom stereocenters. The van der Waals surface area contributed by atoms with E-state index in [0.29, 0.717) is 6.10 Å². The second-order valence-corrected chi connectivity index (χ2v) is 4.13. The van der Waals surface area contributed by atoms with Crippen LogP contribution in [-0.2, 0) is 4.43 Å². The van der Waals surface area contributed by atoms with Crippen LogP contribution >= 0.6 is 0 Å². The molecule has 0 aromatic rings. The fourth-order valence-electron chi connectivity index (χ4n) is 0.471. The molecule has 0 heterocycles. The quantitative estimate of drug-likeness (QED) is 0.418. The maximum absolute atomic E-state index is 5.35. The van der Waals surface area contributed by atoms with E-state index in [9.17, 15) is 0 Å². The Balaban J connectivity index is -0.0000000600. The summed E-state index contributed by atoms with van der Waals surface area (Å²) in [5, 5.41) is 0. The first kappa shape index (κ1) is 22.5. The van der Waals surface area contributed by atoms with E-state index in [1.165, 1.54) is 0 Å². The molecule has 0 fully saturated rings. The minimum atomic E-state index is -0.434. The molecule has 0 atom stereocenters. The Kier molecular flexibility index (Phi) is 29.6. The van der Waals surface area contributed by atoms with Crippen molar-refractivity contribution in [2.75, 3.05) is 0 Å². The minimum Gasteiger partial charge on any atom is -1.00 e. The Hall–Kier alpha value is 1.52. The summed E-state index contributed by atoms with van der Waals surface area (Å²) >= 11 is 0. The van der Waals surface area contributed by atoms with E-state index < -0.39 is 9.04 Å². The molecule has 0 saturated heterocycles. The van der Waals surface area contributed by atoms with Crippen LogP contribution in [0.1, 0.15) is 13.8 Å². The number of hydrogen-bond acceptors (Lipinski definition) is 1. The van der Waals surface area contributed by atoms with Crippen LogP contribution in [0.15, 0.2) is 0 Å². The molecule has 0 aliphatic carbocycles. The summed E-state index contributed by atoms with van der Waals surface area (Å²) in [5.74, 6) is 0. The van der Waals surface area contributed by atoms with Gasteiger partial charge >= 0.3 is 23.1 Å². The van der Waals surface area contributed by atoms with Gasteiger partial charge in [0.2, 0.25) is 9.04 Å². The van der Waals surface area contributed by atoms with Crippen LogP contribution in [0.4, 0.5) is 0 Å². The predicted molar refractivity (Wildman–Crippen MR) is 39.5 cm³/mol. The molecule has 0 N–H and O–H groups in total. The smallest absolute Gasteiger partial charge is 1.00 e. The first-order valence-corrected chi connectivity index (χ1v) is 5.00. The van der Waals surface area contributed by atoms with E-state index >= 15 is 0 Å². The van der Waals surface area contributed by atoms with Gasteiger partial charge in [-0.15, -0.1) is 0 Å². The summed E-state index contributed by atoms with van der Waals surface area (Å²) in [6, 6.07) is 0. The van der Waals surface area contributed by atoms with Crippen molar-refractivity contribution >= 4 is 32.1 Å². The first-order chi connectivity index (χ1) is 3.13. The third-order valence-electron chi connectivity index (χ3n) is 0.471. The van der Waals surface area contributed by atoms with Gasteiger partial charge in [-0.3, -0.25) is 0 Å². The third kappa shape index (κ3) is 22.7. The van der Waals surface area contributed by atoms with E-state index in [0.717, 1.165) is 0 Å². The van der Waals surface area contributed by atoms with Crippen molar-refractivity contribution in [2.24, 2.45) is 0 Å². The standard InChI is InChI=1S/C5H13OSi.2ClH.Mg/c1-5(2)6-7(3)4;;;/h5H,1-4H3;2*1H;/q;;;+2/p-2. The van der Waals surface area contributed by atoms with Gasteiger partial charge in [0.05, 0.1) is 0 Å². The van der Waals surface area contributed by atoms with Gasteiger partial charge in [-0.25, -0.2) is 0 Å². The molecular weight excluding hydrogens is 199 g/mol. The summed E-state index contributed by atoms with van der Waals surface area (Å²) < 4.78 is 5.35. The fourth-order valence-corrected chi connectivity index (χ4v) is 1.41. The first-order valence-electron chi connectivity index (χ1n) is 2.59. The maximum atomic E-state index is 5.35. The van der Waals surface area contributed by atoms with E-state index in [4.69, 9.17) is 4.43 Å². The zero-order valence-electron chi connectivity index (χ0n) is 6.95. The summed E-state index contributed by atoms with van der Waals surface area (Å²) in [6.45, 7) is 8.42. The molecule has 0 bridgehead atoms. The predicted octanol–water partition coefficient (Wildman–Crippen LogP) is -4.71. The van der Waals surface area contributed by atoms with Crippen LogP contribution in [0.3, 0.4) is 0 Å². The van der Waals surface area contributed by atoms with Crippen LogP contribution in [-0.4, -0.2) is 38.2 Å². The molecule has 59 valence electrons. The minimum absolute atomic E-state index is 0. The molecule has 1 nitrogen and oxygen atoms in total. The third-order valence-corrected chi connectivity index (χ3v) is 1.41. The Morgan fingerprint density at radius 2 is 1.40 bits per heavy atom. The fraction of sp³-hybridized carbons (Fsp3) is 1.00. The molecule has 1 radical (unpaired) electrons. The molecule has 0 rings (SSSR count). The van der Waals surface area contributed by atoms with E-state index in [2.05, 4.69) is 26.9 Å². The number of hydrogen-bond donors (Lipinski definition) is 0. The van der Waals surface area contributed by atoms with Crippen LogP contribution in [0.5, 0.6) is 0 Å². The SMILES string of the molecule is CC(C)O[Si](C)C.[Cl-].[Cl-].[Mg+2]. The average Bonchev–Trinajstić information content (AvgIpc) is 1.27. The molecule has 0 saturated carbocycles. The van der Waals surface area contributed by atoms with Gasteiger partial charge in [0.25, 0.3) is 0 Å². The summed E-state index contributed by atoms with van der Waals surface area (Å²) in [5.41, 5.74) is 0. The van der Waals surface area contributed by atoms with Gasteiger partial charge in [-0.05, 0) is 26.9 Å². The van der Waals surface area contributed by atoms with E-state index in [1.54, 1.807) is 0 Å². The van der Waals surface area contributed by atoms with E-state index in [-0.39, 0.29) is 47.9 Å². The van der Waals surface area contributed by atoms with Gasteiger partial charge < -0.3 is 29.2 Å². The second kappa shape index (κ2) is 13.1. The molecule has 0 amide bonds. The molecule has 0 aromatic heterocycles. The van der Waals surface area contributed by atoms with Crippen LogP contribution in [0.25, 0.3) is 0 Å². The Labute approximate surface area is 94.0 Å². The average molecular weight is 212 g/mol. The second-order valence-electron chi connectivity index (χ2n) is 2.07. The number of halogens is 2. The van der Waals surface area contributed by atoms with E-state index in [1.807, 2.05) is 0 Å². The Bertz CT molecular complexity index is 48.9. The van der Waals surface area contributed by atoms with Crippen LogP contribution in [0.2, 0.25) is 13.1 Å². The maximum Gasteiger partial charge on any atom is 2.00 e. The molecule has 10 heavy (non-hydrogen) atoms. The summed E-state index contributed by atoms with van der Waals surface area (Å²) in [4.78, 5) is 0. The molecule has 5 heteroatoms. The Morgan fingerprint density at radius 3 is 1.40 bits per heavy atom. The Morgan fingerprint density at radius 1 is 1.10 bits per heavy atom. The summed E-state index contributed by atoms with van der Waals surface area (Å²) in [7, 11) is -0.434. The summed E-state index contributed by atoms with van der Waals surface area (Å²) in [6.07, 6.45) is 0.420. The van der Waals surface area contributed by atoms with Crippen molar-refractivity contribution < 1.29 is 29.2 Å². The van der Waals surface area contributed by atoms with Gasteiger partial charge in [-0.2, -0.15) is 0 Å². The van der Waals surface area contributed by atoms with Gasteiger partial charge in [0.1, 0.15) is 0 Å². The van der Waals surface area contributed by atoms with Crippen molar-refractivity contribution in [3.8, 4) is 0 Å². The topological polar surface area (TPSA) is 9.23 Å². The molecule has 0 aliphatic heterocycles. The monoisotopic (exact) mass is 211 g/mol. The van der Waals surface area contributed by atoms with Gasteiger partial charge in [0, 0.05) is 6.10 Å². The van der Waals surface area contributed by atoms with Crippen LogP contribution < -0.4 is 24.8 Å². The zero-order chi connectivity index (χ0) is 5.86.